The largest absolute Gasteiger partial charge is 0.497 e. The molecule has 12 heteroatoms. The van der Waals surface area contributed by atoms with Gasteiger partial charge >= 0.3 is 12.1 Å². The highest BCUT2D eigenvalue weighted by Crippen LogP contribution is 2.52. The van der Waals surface area contributed by atoms with Gasteiger partial charge in [0.15, 0.2) is 0 Å². The van der Waals surface area contributed by atoms with Crippen molar-refractivity contribution >= 4 is 23.7 Å². The molecule has 4 atom stereocenters. The number of carboxylic acids is 1. The minimum absolute atomic E-state index is 0.100. The maximum Gasteiger partial charge on any atom is 0.490 e. The molecule has 3 aromatic carbocycles. The fourth-order valence-electron chi connectivity index (χ4n) is 6.61. The summed E-state index contributed by atoms with van der Waals surface area (Å²) >= 11 is 0. The summed E-state index contributed by atoms with van der Waals surface area (Å²) in [6.45, 7) is 3.28. The topological polar surface area (TPSA) is 116 Å². The highest BCUT2D eigenvalue weighted by Gasteiger charge is 2.69. The number of nitrogens with one attached hydrogen (secondary N) is 1. The standard InChI is InChI=1S/C32H33N3O4.C2HF3O2/c1-21-9-13-24(14-10-21)28-26-27(30(37)35(29(26)36)20-22-7-4-3-5-8-22)32(33-28)17-6-18-34(31(32)38)19-23-11-15-25(39-2)16-12-23;3-2(4,5)1(6)7/h3-5,7-16,26-28,33H,6,17-20H2,1-2H3;(H,6,7)/t26-,27-,28-,32-;/m1./s1. The number of carbonyl (C=O) groups is 4. The average molecular weight is 638 g/mol. The molecule has 3 saturated heterocycles. The Bertz CT molecular complexity index is 1600. The van der Waals surface area contributed by atoms with Crippen LogP contribution in [0.1, 0.15) is 41.1 Å². The Kier molecular flexibility index (Phi) is 9.20. The summed E-state index contributed by atoms with van der Waals surface area (Å²) in [4.78, 5) is 54.5. The number of methoxy groups -OCH3 is 1. The Balaban J connectivity index is 0.000000537. The molecule has 3 amide bonds. The van der Waals surface area contributed by atoms with E-state index >= 15 is 0 Å². The van der Waals surface area contributed by atoms with E-state index in [0.29, 0.717) is 19.5 Å². The fraction of sp³-hybridized carbons (Fsp3) is 0.353. The molecule has 0 bridgehead atoms. The number of hydrogen-bond donors (Lipinski definition) is 2. The number of aryl methyl sites for hydroxylation is 1. The number of likely N-dealkylation sites (tertiary alicyclic amines) is 2. The molecule has 2 N–H and O–H groups in total. The van der Waals surface area contributed by atoms with Gasteiger partial charge in [-0.05, 0) is 48.6 Å². The smallest absolute Gasteiger partial charge is 0.490 e. The van der Waals surface area contributed by atoms with Gasteiger partial charge in [-0.25, -0.2) is 4.79 Å². The molecule has 3 aromatic rings. The summed E-state index contributed by atoms with van der Waals surface area (Å²) in [5.74, 6) is -3.93. The minimum Gasteiger partial charge on any atom is -0.497 e. The van der Waals surface area contributed by atoms with E-state index < -0.39 is 35.6 Å². The second-order valence-corrected chi connectivity index (χ2v) is 11.7. The summed E-state index contributed by atoms with van der Waals surface area (Å²) < 4.78 is 37.0. The van der Waals surface area contributed by atoms with Gasteiger partial charge in [0, 0.05) is 19.1 Å². The molecule has 3 heterocycles. The molecule has 3 aliphatic heterocycles. The van der Waals surface area contributed by atoms with E-state index in [0.717, 1.165) is 34.4 Å². The van der Waals surface area contributed by atoms with Crippen LogP contribution in [0.2, 0.25) is 0 Å². The maximum atomic E-state index is 14.3. The van der Waals surface area contributed by atoms with Gasteiger partial charge < -0.3 is 14.7 Å². The molecule has 0 unspecified atom stereocenters. The lowest BCUT2D eigenvalue weighted by Crippen LogP contribution is -2.63. The number of halogens is 3. The normalized spacial score (nSPS) is 24.1. The van der Waals surface area contributed by atoms with Crippen LogP contribution in [0.4, 0.5) is 13.2 Å². The van der Waals surface area contributed by atoms with Crippen molar-refractivity contribution in [1.82, 2.24) is 15.1 Å². The molecule has 0 aliphatic carbocycles. The monoisotopic (exact) mass is 637 g/mol. The zero-order chi connectivity index (χ0) is 33.2. The maximum absolute atomic E-state index is 14.3. The zero-order valence-corrected chi connectivity index (χ0v) is 25.3. The van der Waals surface area contributed by atoms with Crippen molar-refractivity contribution in [2.75, 3.05) is 13.7 Å². The zero-order valence-electron chi connectivity index (χ0n) is 25.3. The van der Waals surface area contributed by atoms with E-state index in [1.165, 1.54) is 4.90 Å². The third-order valence-corrected chi connectivity index (χ3v) is 8.81. The average Bonchev–Trinajstić information content (AvgIpc) is 3.50. The van der Waals surface area contributed by atoms with Crippen LogP contribution in [0, 0.1) is 18.8 Å². The van der Waals surface area contributed by atoms with Crippen molar-refractivity contribution in [3.8, 4) is 5.75 Å². The first-order valence-electron chi connectivity index (χ1n) is 14.8. The van der Waals surface area contributed by atoms with Gasteiger partial charge in [0.1, 0.15) is 11.3 Å². The Labute approximate surface area is 263 Å². The van der Waals surface area contributed by atoms with Crippen LogP contribution in [-0.2, 0) is 32.3 Å². The summed E-state index contributed by atoms with van der Waals surface area (Å²) in [7, 11) is 1.63. The van der Waals surface area contributed by atoms with E-state index in [1.807, 2.05) is 90.7 Å². The van der Waals surface area contributed by atoms with Crippen LogP contribution in [0.5, 0.6) is 5.75 Å². The predicted molar refractivity (Wildman–Crippen MR) is 160 cm³/mol. The SMILES string of the molecule is COc1ccc(CN2CCC[C@]3(N[C@H](c4ccc(C)cc4)[C@@H]4C(=O)N(Cc5ccccc5)C(=O)[C@@H]43)C2=O)cc1.O=C(O)C(F)(F)F. The van der Waals surface area contributed by atoms with Crippen LogP contribution in [0.25, 0.3) is 0 Å². The number of fused-ring (bicyclic) bond motifs is 2. The lowest BCUT2D eigenvalue weighted by atomic mass is 9.74. The molecule has 3 fully saturated rings. The molecule has 1 spiro atoms. The summed E-state index contributed by atoms with van der Waals surface area (Å²) in [6.07, 6.45) is -3.81. The highest BCUT2D eigenvalue weighted by molar-refractivity contribution is 6.10. The van der Waals surface area contributed by atoms with Crippen molar-refractivity contribution in [3.63, 3.8) is 0 Å². The number of imide groups is 1. The summed E-state index contributed by atoms with van der Waals surface area (Å²) in [5, 5.41) is 10.7. The van der Waals surface area contributed by atoms with E-state index in [-0.39, 0.29) is 24.3 Å². The van der Waals surface area contributed by atoms with Crippen LogP contribution in [-0.4, -0.2) is 64.0 Å². The van der Waals surface area contributed by atoms with Crippen molar-refractivity contribution in [2.45, 2.75) is 50.6 Å². The van der Waals surface area contributed by atoms with E-state index in [4.69, 9.17) is 14.6 Å². The number of carboxylic acid groups (broad SMARTS) is 1. The van der Waals surface area contributed by atoms with Crippen molar-refractivity contribution in [1.29, 1.82) is 0 Å². The lowest BCUT2D eigenvalue weighted by molar-refractivity contribution is -0.192. The van der Waals surface area contributed by atoms with Gasteiger partial charge in [-0.3, -0.25) is 24.6 Å². The molecule has 46 heavy (non-hydrogen) atoms. The van der Waals surface area contributed by atoms with Crippen LogP contribution in [0.15, 0.2) is 78.9 Å². The third-order valence-electron chi connectivity index (χ3n) is 8.81. The molecular weight excluding hydrogens is 603 g/mol. The van der Waals surface area contributed by atoms with Crippen molar-refractivity contribution < 1.29 is 42.2 Å². The first kappa shape index (κ1) is 32.7. The minimum atomic E-state index is -5.08. The van der Waals surface area contributed by atoms with E-state index in [2.05, 4.69) is 5.32 Å². The molecular formula is C34H34F3N3O6. The Morgan fingerprint density at radius 3 is 2.13 bits per heavy atom. The number of hydrogen-bond acceptors (Lipinski definition) is 6. The Hall–Kier alpha value is -4.71. The van der Waals surface area contributed by atoms with E-state index in [9.17, 15) is 27.6 Å². The first-order chi connectivity index (χ1) is 21.9. The van der Waals surface area contributed by atoms with Crippen LogP contribution < -0.4 is 10.1 Å². The first-order valence-corrected chi connectivity index (χ1v) is 14.8. The Morgan fingerprint density at radius 2 is 1.54 bits per heavy atom. The van der Waals surface area contributed by atoms with Crippen LogP contribution in [0.3, 0.4) is 0 Å². The number of nitrogens with zero attached hydrogens (tertiary/aromatic N) is 2. The second kappa shape index (κ2) is 13.0. The fourth-order valence-corrected chi connectivity index (χ4v) is 6.61. The van der Waals surface area contributed by atoms with Gasteiger partial charge in [-0.15, -0.1) is 0 Å². The number of alkyl halides is 3. The van der Waals surface area contributed by atoms with Crippen molar-refractivity contribution in [2.24, 2.45) is 11.8 Å². The van der Waals surface area contributed by atoms with Gasteiger partial charge in [0.25, 0.3) is 0 Å². The molecule has 242 valence electrons. The lowest BCUT2D eigenvalue weighted by Gasteiger charge is -2.42. The molecule has 3 aliphatic rings. The van der Waals surface area contributed by atoms with Gasteiger partial charge in [0.2, 0.25) is 17.7 Å². The number of amides is 3. The Morgan fingerprint density at radius 1 is 0.935 bits per heavy atom. The molecule has 6 rings (SSSR count). The number of ether oxygens (including phenoxy) is 1. The number of carbonyl (C=O) groups excluding carboxylic acids is 3. The highest BCUT2D eigenvalue weighted by atomic mass is 19.4. The number of benzene rings is 3. The number of rotatable bonds is 6. The number of aliphatic carboxylic acids is 1. The summed E-state index contributed by atoms with van der Waals surface area (Å²) in [6, 6.07) is 24.9. The second-order valence-electron chi connectivity index (χ2n) is 11.7. The van der Waals surface area contributed by atoms with Gasteiger partial charge in [-0.2, -0.15) is 13.2 Å². The molecule has 0 radical (unpaired) electrons. The molecule has 9 nitrogen and oxygen atoms in total. The molecule has 0 aromatic heterocycles. The van der Waals surface area contributed by atoms with Gasteiger partial charge in [0.05, 0.1) is 25.5 Å². The summed E-state index contributed by atoms with van der Waals surface area (Å²) in [5.41, 5.74) is 2.80. The number of piperidine rings is 1. The quantitative estimate of drug-likeness (QED) is 0.379. The van der Waals surface area contributed by atoms with E-state index in [1.54, 1.807) is 7.11 Å². The van der Waals surface area contributed by atoms with Crippen LogP contribution >= 0.6 is 0 Å². The van der Waals surface area contributed by atoms with Gasteiger partial charge in [-0.1, -0.05) is 72.3 Å². The van der Waals surface area contributed by atoms with Crippen molar-refractivity contribution in [3.05, 3.63) is 101 Å². The third kappa shape index (κ3) is 6.34. The predicted octanol–water partition coefficient (Wildman–Crippen LogP) is 4.64. The molecule has 0 saturated carbocycles.